The Labute approximate surface area is 193 Å². The van der Waals surface area contributed by atoms with E-state index in [9.17, 15) is 9.59 Å². The summed E-state index contributed by atoms with van der Waals surface area (Å²) < 4.78 is 10.1. The van der Waals surface area contributed by atoms with Gasteiger partial charge in [-0.05, 0) is 48.5 Å². The second-order valence-corrected chi connectivity index (χ2v) is 8.91. The lowest BCUT2D eigenvalue weighted by Crippen LogP contribution is -2.24. The van der Waals surface area contributed by atoms with Gasteiger partial charge in [-0.1, -0.05) is 15.9 Å². The van der Waals surface area contributed by atoms with Gasteiger partial charge in [0.15, 0.2) is 0 Å². The van der Waals surface area contributed by atoms with Crippen molar-refractivity contribution in [1.82, 2.24) is 19.9 Å². The van der Waals surface area contributed by atoms with Crippen molar-refractivity contribution >= 4 is 27.9 Å². The van der Waals surface area contributed by atoms with E-state index in [1.807, 2.05) is 48.5 Å². The van der Waals surface area contributed by atoms with Crippen LogP contribution >= 0.6 is 15.9 Å². The maximum absolute atomic E-state index is 11.4. The molecule has 2 aromatic rings. The van der Waals surface area contributed by atoms with E-state index >= 15 is 0 Å². The first-order chi connectivity index (χ1) is 14.3. The summed E-state index contributed by atoms with van der Waals surface area (Å²) in [6.07, 6.45) is 10.9. The van der Waals surface area contributed by atoms with Crippen LogP contribution in [0.15, 0.2) is 37.2 Å². The Bertz CT molecular complexity index is 761. The lowest BCUT2D eigenvalue weighted by atomic mass is 10.2. The van der Waals surface area contributed by atoms with Crippen molar-refractivity contribution in [2.75, 3.05) is 5.33 Å². The monoisotopic (exact) mass is 496 g/mol. The molecule has 0 amide bonds. The molecular weight excluding hydrogens is 464 g/mol. The van der Waals surface area contributed by atoms with E-state index in [0.717, 1.165) is 11.4 Å². The summed E-state index contributed by atoms with van der Waals surface area (Å²) in [4.78, 5) is 37.7. The van der Waals surface area contributed by atoms with E-state index in [1.54, 1.807) is 37.2 Å². The Morgan fingerprint density at radius 2 is 1.35 bits per heavy atom. The first-order valence-electron chi connectivity index (χ1n) is 9.79. The molecule has 0 atom stereocenters. The number of carbonyl (C=O) groups is 2. The molecular formula is C22H33BrN4O4. The highest BCUT2D eigenvalue weighted by Crippen LogP contribution is 2.09. The van der Waals surface area contributed by atoms with Gasteiger partial charge in [0.25, 0.3) is 0 Å². The third kappa shape index (κ3) is 19.3. The number of hydrogen-bond acceptors (Lipinski definition) is 8. The number of carbonyl (C=O) groups excluding carboxylic acids is 2. The summed E-state index contributed by atoms with van der Waals surface area (Å²) in [6, 6.07) is 0. The molecule has 2 aromatic heterocycles. The van der Waals surface area contributed by atoms with E-state index in [-0.39, 0.29) is 22.9 Å². The molecule has 0 aliphatic rings. The fourth-order valence-electron chi connectivity index (χ4n) is 1.82. The second kappa shape index (κ2) is 14.6. The smallest absolute Gasteiger partial charge is 0.317 e. The third-order valence-electron chi connectivity index (χ3n) is 2.84. The van der Waals surface area contributed by atoms with Crippen LogP contribution in [-0.4, -0.2) is 48.4 Å². The van der Waals surface area contributed by atoms with Crippen molar-refractivity contribution in [3.8, 4) is 0 Å². The fourth-order valence-corrected chi connectivity index (χ4v) is 1.94. The molecule has 8 nitrogen and oxygen atoms in total. The van der Waals surface area contributed by atoms with Crippen LogP contribution in [0.5, 0.6) is 0 Å². The zero-order valence-electron chi connectivity index (χ0n) is 19.4. The topological polar surface area (TPSA) is 104 Å². The Kier molecular flexibility index (Phi) is 13.4. The highest BCUT2D eigenvalue weighted by Gasteiger charge is 2.16. The zero-order chi connectivity index (χ0) is 23.9. The molecule has 31 heavy (non-hydrogen) atoms. The number of esters is 2. The molecule has 0 radical (unpaired) electrons. The number of rotatable bonds is 4. The predicted octanol–water partition coefficient (Wildman–Crippen LogP) is 4.26. The summed E-state index contributed by atoms with van der Waals surface area (Å²) >= 11 is 2.99. The largest absolute Gasteiger partial charge is 0.460 e. The van der Waals surface area contributed by atoms with Crippen LogP contribution in [0.2, 0.25) is 0 Å². The van der Waals surface area contributed by atoms with Crippen molar-refractivity contribution in [3.05, 3.63) is 48.6 Å². The van der Waals surface area contributed by atoms with Gasteiger partial charge in [-0.25, -0.2) is 0 Å². The number of alkyl halides is 1. The van der Waals surface area contributed by atoms with Crippen molar-refractivity contribution in [2.45, 2.75) is 72.5 Å². The molecule has 0 aromatic carbocycles. The van der Waals surface area contributed by atoms with Crippen LogP contribution in [0, 0.1) is 6.92 Å². The summed E-state index contributed by atoms with van der Waals surface area (Å²) in [5.41, 5.74) is 0.996. The first kappa shape index (κ1) is 28.6. The third-order valence-corrected chi connectivity index (χ3v) is 3.30. The minimum Gasteiger partial charge on any atom is -0.460 e. The summed E-state index contributed by atoms with van der Waals surface area (Å²) in [7, 11) is 0. The average Bonchev–Trinajstić information content (AvgIpc) is 2.66. The Balaban J connectivity index is 0.000000478. The maximum Gasteiger partial charge on any atom is 0.317 e. The predicted molar refractivity (Wildman–Crippen MR) is 123 cm³/mol. The van der Waals surface area contributed by atoms with Crippen molar-refractivity contribution in [1.29, 1.82) is 0 Å². The minimum absolute atomic E-state index is 0.201. The van der Waals surface area contributed by atoms with E-state index in [4.69, 9.17) is 9.47 Å². The van der Waals surface area contributed by atoms with Crippen LogP contribution in [0.25, 0.3) is 0 Å². The summed E-state index contributed by atoms with van der Waals surface area (Å²) in [5.74, 6) is -0.421. The number of aromatic nitrogens is 4. The van der Waals surface area contributed by atoms with Gasteiger partial charge in [-0.3, -0.25) is 29.5 Å². The van der Waals surface area contributed by atoms with Gasteiger partial charge < -0.3 is 9.47 Å². The molecule has 2 heterocycles. The highest BCUT2D eigenvalue weighted by atomic mass is 79.9. The van der Waals surface area contributed by atoms with E-state index in [0.29, 0.717) is 12.8 Å². The number of hydrogen-bond donors (Lipinski definition) is 0. The van der Waals surface area contributed by atoms with Crippen LogP contribution in [0.4, 0.5) is 0 Å². The summed E-state index contributed by atoms with van der Waals surface area (Å²) in [6.45, 7) is 13.0. The van der Waals surface area contributed by atoms with E-state index in [2.05, 4.69) is 35.9 Å². The van der Waals surface area contributed by atoms with Crippen LogP contribution in [0.1, 0.15) is 59.4 Å². The van der Waals surface area contributed by atoms with Crippen molar-refractivity contribution in [2.24, 2.45) is 0 Å². The van der Waals surface area contributed by atoms with Gasteiger partial charge in [-0.2, -0.15) is 0 Å². The van der Waals surface area contributed by atoms with E-state index in [1.165, 1.54) is 0 Å². The molecule has 0 fully saturated rings. The minimum atomic E-state index is -0.417. The molecule has 0 spiro atoms. The molecule has 2 rings (SSSR count). The number of ether oxygens (including phenoxy) is 2. The molecule has 9 heteroatoms. The Morgan fingerprint density at radius 3 is 1.68 bits per heavy atom. The van der Waals surface area contributed by atoms with Crippen molar-refractivity contribution < 1.29 is 19.1 Å². The SMILES string of the molecule is CC(C)(C)OC(=O)CBr.CC(C)(C)OC(=O)CCc1cnccn1.Cc1cnccn1. The molecule has 0 aliphatic carbocycles. The molecule has 172 valence electrons. The Hall–Kier alpha value is -2.42. The van der Waals surface area contributed by atoms with Crippen molar-refractivity contribution in [3.63, 3.8) is 0 Å². The van der Waals surface area contributed by atoms with Crippen LogP contribution < -0.4 is 0 Å². The Morgan fingerprint density at radius 1 is 0.839 bits per heavy atom. The molecule has 0 saturated heterocycles. The number of halogens is 1. The molecule has 0 unspecified atom stereocenters. The maximum atomic E-state index is 11.4. The van der Waals surface area contributed by atoms with Gasteiger partial charge >= 0.3 is 11.9 Å². The van der Waals surface area contributed by atoms with Gasteiger partial charge in [0, 0.05) is 43.6 Å². The standard InChI is InChI=1S/C11H16N2O2.C6H11BrO2.C5H6N2/c1-11(2,3)15-10(14)5-4-9-8-12-6-7-13-9;1-6(2,3)9-5(8)4-7;1-5-4-6-2-3-7-5/h6-8H,4-5H2,1-3H3;4H2,1-3H3;2-4H,1H3. The van der Waals surface area contributed by atoms with Gasteiger partial charge in [0.1, 0.15) is 16.5 Å². The fraction of sp³-hybridized carbons (Fsp3) is 0.545. The summed E-state index contributed by atoms with van der Waals surface area (Å²) in [5, 5.41) is 0.268. The second-order valence-electron chi connectivity index (χ2n) is 8.35. The van der Waals surface area contributed by atoms with Crippen LogP contribution in [-0.2, 0) is 25.5 Å². The van der Waals surface area contributed by atoms with Gasteiger partial charge in [-0.15, -0.1) is 0 Å². The quantitative estimate of drug-likeness (QED) is 0.456. The molecule has 0 aliphatic heterocycles. The number of nitrogens with zero attached hydrogens (tertiary/aromatic N) is 4. The normalized spacial score (nSPS) is 10.6. The molecule has 0 N–H and O–H groups in total. The highest BCUT2D eigenvalue weighted by molar-refractivity contribution is 9.09. The zero-order valence-corrected chi connectivity index (χ0v) is 21.0. The number of aryl methyl sites for hydroxylation is 2. The van der Waals surface area contributed by atoms with Gasteiger partial charge in [0.05, 0.1) is 17.8 Å². The first-order valence-corrected chi connectivity index (χ1v) is 10.9. The lowest BCUT2D eigenvalue weighted by Gasteiger charge is -2.19. The lowest BCUT2D eigenvalue weighted by molar-refractivity contribution is -0.155. The molecule has 0 bridgehead atoms. The van der Waals surface area contributed by atoms with E-state index < -0.39 is 5.60 Å². The molecule has 0 saturated carbocycles. The average molecular weight is 497 g/mol. The van der Waals surface area contributed by atoms with Crippen LogP contribution in [0.3, 0.4) is 0 Å². The van der Waals surface area contributed by atoms with Gasteiger partial charge in [0.2, 0.25) is 0 Å².